The molecule has 0 saturated carbocycles. The maximum absolute atomic E-state index is 12.7. The molecule has 0 radical (unpaired) electrons. The number of aryl methyl sites for hydroxylation is 1. The van der Waals surface area contributed by atoms with E-state index < -0.39 is 17.8 Å². The molecule has 1 unspecified atom stereocenters. The van der Waals surface area contributed by atoms with Gasteiger partial charge in [-0.1, -0.05) is 22.0 Å². The van der Waals surface area contributed by atoms with Crippen molar-refractivity contribution in [1.82, 2.24) is 0 Å². The second-order valence-electron chi connectivity index (χ2n) is 4.46. The van der Waals surface area contributed by atoms with Gasteiger partial charge in [0.05, 0.1) is 5.56 Å². The number of thiophene rings is 1. The van der Waals surface area contributed by atoms with E-state index in [1.165, 1.54) is 10.9 Å². The smallest absolute Gasteiger partial charge is 0.324 e. The molecule has 0 aliphatic rings. The number of rotatable bonds is 4. The Hall–Kier alpha value is -0.850. The Kier molecular flexibility index (Phi) is 4.88. The Morgan fingerprint density at radius 2 is 2.00 bits per heavy atom. The highest BCUT2D eigenvalue weighted by atomic mass is 79.9. The van der Waals surface area contributed by atoms with Gasteiger partial charge >= 0.3 is 6.18 Å². The van der Waals surface area contributed by atoms with Gasteiger partial charge in [0.15, 0.2) is 0 Å². The quantitative estimate of drug-likeness (QED) is 0.797. The molecule has 1 heterocycles. The van der Waals surface area contributed by atoms with E-state index in [2.05, 4.69) is 15.9 Å². The van der Waals surface area contributed by atoms with Crippen LogP contribution in [0, 0.1) is 0 Å². The van der Waals surface area contributed by atoms with Gasteiger partial charge in [0, 0.05) is 15.4 Å². The van der Waals surface area contributed by atoms with E-state index in [9.17, 15) is 13.2 Å². The second-order valence-corrected chi connectivity index (χ2v) is 6.35. The summed E-state index contributed by atoms with van der Waals surface area (Å²) in [4.78, 5) is 1.18. The molecule has 2 N–H and O–H groups in total. The lowest BCUT2D eigenvalue weighted by Crippen LogP contribution is -2.14. The summed E-state index contributed by atoms with van der Waals surface area (Å²) in [7, 11) is 0. The predicted octanol–water partition coefficient (Wildman–Crippen LogP) is 5.16. The third-order valence-corrected chi connectivity index (χ3v) is 4.66. The lowest BCUT2D eigenvalue weighted by atomic mass is 10.00. The first-order valence-electron chi connectivity index (χ1n) is 6.02. The molecule has 2 aromatic rings. The average Bonchev–Trinajstić information content (AvgIpc) is 2.88. The summed E-state index contributed by atoms with van der Waals surface area (Å²) < 4.78 is 38.8. The van der Waals surface area contributed by atoms with Crippen LogP contribution in [-0.2, 0) is 12.6 Å². The molecule has 1 aromatic carbocycles. The topological polar surface area (TPSA) is 26.0 Å². The van der Waals surface area contributed by atoms with Crippen molar-refractivity contribution in [2.24, 2.45) is 5.73 Å². The lowest BCUT2D eigenvalue weighted by Gasteiger charge is -2.16. The molecule has 0 bridgehead atoms. The standard InChI is InChI=1S/C14H13BrF3NS/c15-12-5-3-9(14(16,17)18)8-11(12)13(19)6-4-10-2-1-7-20-10/h1-3,5,7-8,13H,4,6,19H2. The highest BCUT2D eigenvalue weighted by molar-refractivity contribution is 9.10. The SMILES string of the molecule is NC(CCc1cccs1)c1cc(C(F)(F)F)ccc1Br. The van der Waals surface area contributed by atoms with Crippen LogP contribution in [0.2, 0.25) is 0 Å². The molecular formula is C14H13BrF3NS. The monoisotopic (exact) mass is 363 g/mol. The van der Waals surface area contributed by atoms with Crippen LogP contribution in [0.15, 0.2) is 40.2 Å². The minimum absolute atomic E-state index is 0.422. The fourth-order valence-electron chi connectivity index (χ4n) is 1.91. The molecule has 6 heteroatoms. The minimum atomic E-state index is -4.34. The van der Waals surface area contributed by atoms with Crippen LogP contribution >= 0.6 is 27.3 Å². The van der Waals surface area contributed by atoms with Gasteiger partial charge in [-0.3, -0.25) is 0 Å². The van der Waals surface area contributed by atoms with Gasteiger partial charge in [-0.2, -0.15) is 13.2 Å². The second kappa shape index (κ2) is 6.28. The van der Waals surface area contributed by atoms with Gasteiger partial charge in [0.1, 0.15) is 0 Å². The van der Waals surface area contributed by atoms with Gasteiger partial charge in [0.25, 0.3) is 0 Å². The zero-order chi connectivity index (χ0) is 14.8. The van der Waals surface area contributed by atoms with Gasteiger partial charge in [-0.15, -0.1) is 11.3 Å². The molecule has 0 aliphatic heterocycles. The maximum atomic E-state index is 12.7. The number of nitrogens with two attached hydrogens (primary N) is 1. The van der Waals surface area contributed by atoms with E-state index in [4.69, 9.17) is 5.73 Å². The van der Waals surface area contributed by atoms with Crippen LogP contribution in [0.4, 0.5) is 13.2 Å². The normalized spacial score (nSPS) is 13.4. The lowest BCUT2D eigenvalue weighted by molar-refractivity contribution is -0.137. The molecule has 1 aromatic heterocycles. The van der Waals surface area contributed by atoms with Gasteiger partial charge in [0.2, 0.25) is 0 Å². The molecule has 0 spiro atoms. The first-order chi connectivity index (χ1) is 9.38. The summed E-state index contributed by atoms with van der Waals surface area (Å²) in [5.41, 5.74) is 5.86. The summed E-state index contributed by atoms with van der Waals surface area (Å²) in [6.45, 7) is 0. The highest BCUT2D eigenvalue weighted by Gasteiger charge is 2.31. The number of benzene rings is 1. The van der Waals surface area contributed by atoms with Crippen LogP contribution < -0.4 is 5.73 Å². The first-order valence-corrected chi connectivity index (χ1v) is 7.70. The van der Waals surface area contributed by atoms with E-state index in [0.717, 1.165) is 18.6 Å². The fraction of sp³-hybridized carbons (Fsp3) is 0.286. The molecule has 20 heavy (non-hydrogen) atoms. The Bertz CT molecular complexity index is 566. The van der Waals surface area contributed by atoms with Gasteiger partial charge in [-0.25, -0.2) is 0 Å². The van der Waals surface area contributed by atoms with E-state index >= 15 is 0 Å². The predicted molar refractivity (Wildman–Crippen MR) is 78.7 cm³/mol. The number of hydrogen-bond donors (Lipinski definition) is 1. The van der Waals surface area contributed by atoms with Crippen LogP contribution in [-0.4, -0.2) is 0 Å². The fourth-order valence-corrected chi connectivity index (χ4v) is 3.18. The Balaban J connectivity index is 2.14. The zero-order valence-electron chi connectivity index (χ0n) is 10.5. The van der Waals surface area contributed by atoms with Crippen LogP contribution in [0.5, 0.6) is 0 Å². The summed E-state index contributed by atoms with van der Waals surface area (Å²) in [5, 5.41) is 1.97. The van der Waals surface area contributed by atoms with Crippen LogP contribution in [0.3, 0.4) is 0 Å². The van der Waals surface area contributed by atoms with Crippen LogP contribution in [0.25, 0.3) is 0 Å². The molecule has 0 amide bonds. The van der Waals surface area contributed by atoms with Gasteiger partial charge < -0.3 is 5.73 Å². The van der Waals surface area contributed by atoms with E-state index in [1.54, 1.807) is 11.3 Å². The number of halogens is 4. The zero-order valence-corrected chi connectivity index (χ0v) is 12.9. The number of hydrogen-bond acceptors (Lipinski definition) is 2. The summed E-state index contributed by atoms with van der Waals surface area (Å²) >= 11 is 4.90. The molecule has 1 nitrogen and oxygen atoms in total. The van der Waals surface area contributed by atoms with Crippen molar-refractivity contribution in [3.63, 3.8) is 0 Å². The Labute approximate surface area is 127 Å². The third kappa shape index (κ3) is 3.84. The third-order valence-electron chi connectivity index (χ3n) is 3.00. The van der Waals surface area contributed by atoms with Crippen molar-refractivity contribution in [2.75, 3.05) is 0 Å². The first kappa shape index (κ1) is 15.5. The largest absolute Gasteiger partial charge is 0.416 e. The summed E-state index contributed by atoms with van der Waals surface area (Å²) in [6, 6.07) is 7.12. The summed E-state index contributed by atoms with van der Waals surface area (Å²) in [6.07, 6.45) is -2.97. The van der Waals surface area contributed by atoms with Gasteiger partial charge in [-0.05, 0) is 48.1 Å². The van der Waals surface area contributed by atoms with Crippen molar-refractivity contribution in [2.45, 2.75) is 25.1 Å². The van der Waals surface area contributed by atoms with Crippen molar-refractivity contribution in [3.05, 3.63) is 56.2 Å². The van der Waals surface area contributed by atoms with E-state index in [-0.39, 0.29) is 0 Å². The number of alkyl halides is 3. The van der Waals surface area contributed by atoms with Crippen molar-refractivity contribution < 1.29 is 13.2 Å². The molecule has 0 saturated heterocycles. The Morgan fingerprint density at radius 1 is 1.25 bits per heavy atom. The highest BCUT2D eigenvalue weighted by Crippen LogP contribution is 2.34. The Morgan fingerprint density at radius 3 is 2.60 bits per heavy atom. The molecule has 108 valence electrons. The molecule has 0 fully saturated rings. The molecule has 2 rings (SSSR count). The molecule has 1 atom stereocenters. The average molecular weight is 364 g/mol. The van der Waals surface area contributed by atoms with E-state index in [1.807, 2.05) is 17.5 Å². The minimum Gasteiger partial charge on any atom is -0.324 e. The van der Waals surface area contributed by atoms with Crippen molar-refractivity contribution in [1.29, 1.82) is 0 Å². The van der Waals surface area contributed by atoms with E-state index in [0.29, 0.717) is 16.5 Å². The maximum Gasteiger partial charge on any atom is 0.416 e. The molecular weight excluding hydrogens is 351 g/mol. The van der Waals surface area contributed by atoms with Crippen molar-refractivity contribution >= 4 is 27.3 Å². The summed E-state index contributed by atoms with van der Waals surface area (Å²) in [5.74, 6) is 0. The van der Waals surface area contributed by atoms with Crippen molar-refractivity contribution in [3.8, 4) is 0 Å². The van der Waals surface area contributed by atoms with Crippen LogP contribution in [0.1, 0.15) is 28.5 Å². The molecule has 0 aliphatic carbocycles.